The molecule has 0 aliphatic rings. The van der Waals surface area contributed by atoms with E-state index < -0.39 is 0 Å². The maximum atomic E-state index is 13.4. The van der Waals surface area contributed by atoms with Gasteiger partial charge in [-0.2, -0.15) is 4.68 Å². The summed E-state index contributed by atoms with van der Waals surface area (Å²) in [7, 11) is 0. The molecule has 0 saturated heterocycles. The van der Waals surface area contributed by atoms with Crippen molar-refractivity contribution in [2.75, 3.05) is 11.1 Å². The third-order valence-corrected chi connectivity index (χ3v) is 4.75. The lowest BCUT2D eigenvalue weighted by Crippen LogP contribution is -2.16. The van der Waals surface area contributed by atoms with Crippen LogP contribution < -0.4 is 5.32 Å². The van der Waals surface area contributed by atoms with Crippen LogP contribution in [0.1, 0.15) is 18.1 Å². The second-order valence-corrected chi connectivity index (χ2v) is 6.60. The lowest BCUT2D eigenvalue weighted by Gasteiger charge is -2.12. The molecule has 26 heavy (non-hydrogen) atoms. The number of para-hydroxylation sites is 1. The molecule has 0 fully saturated rings. The van der Waals surface area contributed by atoms with Crippen LogP contribution in [-0.4, -0.2) is 31.9 Å². The lowest BCUT2D eigenvalue weighted by atomic mass is 10.1. The highest BCUT2D eigenvalue weighted by atomic mass is 32.2. The summed E-state index contributed by atoms with van der Waals surface area (Å²) in [4.78, 5) is 12.4. The van der Waals surface area contributed by atoms with Crippen LogP contribution >= 0.6 is 11.8 Å². The Morgan fingerprint density at radius 2 is 2.08 bits per heavy atom. The van der Waals surface area contributed by atoms with Crippen molar-refractivity contribution in [3.8, 4) is 5.69 Å². The van der Waals surface area contributed by atoms with Crippen molar-refractivity contribution in [3.63, 3.8) is 0 Å². The third-order valence-electron chi connectivity index (χ3n) is 3.83. The molecule has 1 amide bonds. The van der Waals surface area contributed by atoms with Gasteiger partial charge in [-0.15, -0.1) is 5.10 Å². The molecule has 2 aromatic carbocycles. The highest BCUT2D eigenvalue weighted by Crippen LogP contribution is 2.23. The summed E-state index contributed by atoms with van der Waals surface area (Å²) in [5.41, 5.74) is 3.47. The molecule has 1 aromatic heterocycles. The molecule has 3 aromatic rings. The Morgan fingerprint density at radius 1 is 1.27 bits per heavy atom. The van der Waals surface area contributed by atoms with Gasteiger partial charge in [0.05, 0.1) is 11.4 Å². The molecule has 0 aliphatic carbocycles. The number of hydrogen-bond acceptors (Lipinski definition) is 5. The van der Waals surface area contributed by atoms with Gasteiger partial charge < -0.3 is 5.32 Å². The van der Waals surface area contributed by atoms with Crippen molar-refractivity contribution in [2.45, 2.75) is 25.4 Å². The number of nitrogens with zero attached hydrogens (tertiary/aromatic N) is 4. The number of carbonyl (C=O) groups is 1. The Balaban J connectivity index is 1.69. The monoisotopic (exact) mass is 371 g/mol. The minimum absolute atomic E-state index is 0.146. The maximum Gasteiger partial charge on any atom is 0.234 e. The van der Waals surface area contributed by atoms with Gasteiger partial charge in [0.1, 0.15) is 5.82 Å². The van der Waals surface area contributed by atoms with Crippen LogP contribution in [-0.2, 0) is 11.2 Å². The molecular weight excluding hydrogens is 353 g/mol. The summed E-state index contributed by atoms with van der Waals surface area (Å²) in [6, 6.07) is 11.9. The van der Waals surface area contributed by atoms with Crippen molar-refractivity contribution >= 4 is 23.4 Å². The van der Waals surface area contributed by atoms with Crippen molar-refractivity contribution in [1.82, 2.24) is 20.2 Å². The molecule has 0 saturated carbocycles. The minimum atomic E-state index is -0.377. The number of carbonyl (C=O) groups excluding carboxylic acids is 1. The largest absolute Gasteiger partial charge is 0.325 e. The van der Waals surface area contributed by atoms with E-state index in [1.165, 1.54) is 28.6 Å². The molecule has 0 spiro atoms. The van der Waals surface area contributed by atoms with E-state index in [4.69, 9.17) is 0 Å². The van der Waals surface area contributed by atoms with E-state index in [1.807, 2.05) is 32.0 Å². The van der Waals surface area contributed by atoms with E-state index in [-0.39, 0.29) is 17.5 Å². The zero-order valence-corrected chi connectivity index (χ0v) is 15.3. The number of hydrogen-bond donors (Lipinski definition) is 1. The van der Waals surface area contributed by atoms with Crippen LogP contribution in [0.5, 0.6) is 0 Å². The van der Waals surface area contributed by atoms with E-state index in [2.05, 4.69) is 20.8 Å². The first-order valence-corrected chi connectivity index (χ1v) is 9.12. The Hall–Kier alpha value is -2.74. The van der Waals surface area contributed by atoms with Crippen molar-refractivity contribution in [2.24, 2.45) is 0 Å². The van der Waals surface area contributed by atoms with Crippen LogP contribution in [0, 0.1) is 12.7 Å². The number of halogens is 1. The normalized spacial score (nSPS) is 10.7. The summed E-state index contributed by atoms with van der Waals surface area (Å²) >= 11 is 1.19. The summed E-state index contributed by atoms with van der Waals surface area (Å²) in [6.45, 7) is 4.01. The second kappa shape index (κ2) is 8.09. The average molecular weight is 371 g/mol. The van der Waals surface area contributed by atoms with E-state index in [0.717, 1.165) is 23.2 Å². The molecule has 1 N–H and O–H groups in total. The standard InChI is InChI=1S/C18H18FN5OS/c1-3-13-7-4-6-12(2)17(13)20-16(25)11-26-18-21-22-23-24(18)15-9-5-8-14(19)10-15/h4-10H,3,11H2,1-2H3,(H,20,25). The molecule has 8 heteroatoms. The molecular formula is C18H18FN5OS. The fourth-order valence-electron chi connectivity index (χ4n) is 2.55. The SMILES string of the molecule is CCc1cccc(C)c1NC(=O)CSc1nnnn1-c1cccc(F)c1. The number of rotatable bonds is 6. The van der Waals surface area contributed by atoms with Gasteiger partial charge in [-0.25, -0.2) is 4.39 Å². The van der Waals surface area contributed by atoms with Crippen LogP contribution in [0.2, 0.25) is 0 Å². The van der Waals surface area contributed by atoms with Crippen LogP contribution in [0.25, 0.3) is 5.69 Å². The van der Waals surface area contributed by atoms with Crippen molar-refractivity contribution < 1.29 is 9.18 Å². The molecule has 0 unspecified atom stereocenters. The third kappa shape index (κ3) is 4.08. The Bertz CT molecular complexity index is 927. The number of aryl methyl sites for hydroxylation is 2. The summed E-state index contributed by atoms with van der Waals surface area (Å²) in [5, 5.41) is 14.8. The first-order chi connectivity index (χ1) is 12.6. The zero-order chi connectivity index (χ0) is 18.5. The molecule has 6 nitrogen and oxygen atoms in total. The molecule has 0 atom stereocenters. The first-order valence-electron chi connectivity index (χ1n) is 8.14. The predicted molar refractivity (Wildman–Crippen MR) is 99.0 cm³/mol. The van der Waals surface area contributed by atoms with Crippen molar-refractivity contribution in [3.05, 3.63) is 59.4 Å². The maximum absolute atomic E-state index is 13.4. The fraction of sp³-hybridized carbons (Fsp3) is 0.222. The van der Waals surface area contributed by atoms with Crippen LogP contribution in [0.4, 0.5) is 10.1 Å². The van der Waals surface area contributed by atoms with Gasteiger partial charge in [0.2, 0.25) is 11.1 Å². The van der Waals surface area contributed by atoms with Gasteiger partial charge in [0, 0.05) is 5.69 Å². The predicted octanol–water partition coefficient (Wildman–Crippen LogP) is 3.40. The fourth-order valence-corrected chi connectivity index (χ4v) is 3.24. The molecule has 0 bridgehead atoms. The molecule has 0 radical (unpaired) electrons. The lowest BCUT2D eigenvalue weighted by molar-refractivity contribution is -0.113. The molecule has 1 heterocycles. The van der Waals surface area contributed by atoms with Gasteiger partial charge in [-0.05, 0) is 53.1 Å². The van der Waals surface area contributed by atoms with E-state index >= 15 is 0 Å². The number of nitrogens with one attached hydrogen (secondary N) is 1. The van der Waals surface area contributed by atoms with Gasteiger partial charge in [-0.3, -0.25) is 4.79 Å². The Morgan fingerprint density at radius 3 is 2.85 bits per heavy atom. The number of thioether (sulfide) groups is 1. The molecule has 134 valence electrons. The summed E-state index contributed by atoms with van der Waals surface area (Å²) < 4.78 is 14.8. The highest BCUT2D eigenvalue weighted by Gasteiger charge is 2.13. The highest BCUT2D eigenvalue weighted by molar-refractivity contribution is 7.99. The van der Waals surface area contributed by atoms with Crippen LogP contribution in [0.3, 0.4) is 0 Å². The topological polar surface area (TPSA) is 72.7 Å². The Kier molecular flexibility index (Phi) is 5.62. The summed E-state index contributed by atoms with van der Waals surface area (Å²) in [5.74, 6) is -0.376. The minimum Gasteiger partial charge on any atom is -0.325 e. The molecule has 0 aliphatic heterocycles. The van der Waals surface area contributed by atoms with Gasteiger partial charge in [-0.1, -0.05) is 43.0 Å². The quantitative estimate of drug-likeness (QED) is 0.672. The average Bonchev–Trinajstić information content (AvgIpc) is 3.10. The zero-order valence-electron chi connectivity index (χ0n) is 14.4. The number of amides is 1. The number of anilines is 1. The van der Waals surface area contributed by atoms with E-state index in [0.29, 0.717) is 10.8 Å². The molecule has 3 rings (SSSR count). The van der Waals surface area contributed by atoms with Gasteiger partial charge in [0.25, 0.3) is 0 Å². The van der Waals surface area contributed by atoms with E-state index in [1.54, 1.807) is 12.1 Å². The first kappa shape index (κ1) is 18.1. The van der Waals surface area contributed by atoms with Crippen LogP contribution in [0.15, 0.2) is 47.6 Å². The van der Waals surface area contributed by atoms with Gasteiger partial charge in [0.15, 0.2) is 0 Å². The summed E-state index contributed by atoms with van der Waals surface area (Å²) in [6.07, 6.45) is 0.836. The number of benzene rings is 2. The number of aromatic nitrogens is 4. The smallest absolute Gasteiger partial charge is 0.234 e. The van der Waals surface area contributed by atoms with Gasteiger partial charge >= 0.3 is 0 Å². The second-order valence-electron chi connectivity index (χ2n) is 5.65. The van der Waals surface area contributed by atoms with Crippen molar-refractivity contribution in [1.29, 1.82) is 0 Å². The number of tetrazole rings is 1. The van der Waals surface area contributed by atoms with E-state index in [9.17, 15) is 9.18 Å². The Labute approximate surface area is 154 Å².